The van der Waals surface area contributed by atoms with Crippen molar-refractivity contribution < 1.29 is 8.42 Å². The lowest BCUT2D eigenvalue weighted by Gasteiger charge is -2.04. The Bertz CT molecular complexity index is 565. The molecule has 0 aliphatic carbocycles. The van der Waals surface area contributed by atoms with Gasteiger partial charge in [0.05, 0.1) is 4.90 Å². The smallest absolute Gasteiger partial charge is 0.248 e. The van der Waals surface area contributed by atoms with Crippen LogP contribution in [-0.2, 0) is 10.0 Å². The number of benzene rings is 1. The predicted octanol–water partition coefficient (Wildman–Crippen LogP) is 1.21. The summed E-state index contributed by atoms with van der Waals surface area (Å²) in [6.07, 6.45) is 1.23. The number of hydrogen-bond donors (Lipinski definition) is 2. The number of H-pyrrole nitrogens is 1. The Hall–Kier alpha value is -1.16. The van der Waals surface area contributed by atoms with Crippen LogP contribution in [0.2, 0.25) is 0 Å². The van der Waals surface area contributed by atoms with Crippen molar-refractivity contribution in [1.82, 2.24) is 15.2 Å². The Morgan fingerprint density at radius 3 is 2.50 bits per heavy atom. The highest BCUT2D eigenvalue weighted by Crippen LogP contribution is 2.14. The van der Waals surface area contributed by atoms with E-state index >= 15 is 0 Å². The molecule has 0 amide bonds. The molecule has 6 nitrogen and oxygen atoms in total. The molecule has 0 bridgehead atoms. The lowest BCUT2D eigenvalue weighted by Crippen LogP contribution is -2.13. The van der Waals surface area contributed by atoms with Crippen LogP contribution in [-0.4, -0.2) is 23.6 Å². The Kier molecular flexibility index (Phi) is 3.10. The zero-order chi connectivity index (χ0) is 11.6. The number of anilines is 1. The van der Waals surface area contributed by atoms with Crippen molar-refractivity contribution in [2.75, 3.05) is 4.72 Å². The molecule has 0 radical (unpaired) electrons. The Labute approximate surface area is 106 Å². The summed E-state index contributed by atoms with van der Waals surface area (Å²) in [5.74, 6) is 0.0959. The molecule has 8 heteroatoms. The van der Waals surface area contributed by atoms with Crippen molar-refractivity contribution in [2.45, 2.75) is 4.90 Å². The monoisotopic (exact) mass is 350 g/mol. The topological polar surface area (TPSA) is 87.7 Å². The quantitative estimate of drug-likeness (QED) is 0.815. The van der Waals surface area contributed by atoms with E-state index in [4.69, 9.17) is 0 Å². The van der Waals surface area contributed by atoms with Crippen LogP contribution >= 0.6 is 22.6 Å². The van der Waals surface area contributed by atoms with E-state index in [2.05, 4.69) is 42.5 Å². The number of nitrogens with zero attached hydrogens (tertiary/aromatic N) is 2. The highest BCUT2D eigenvalue weighted by atomic mass is 127. The Morgan fingerprint density at radius 1 is 1.25 bits per heavy atom. The van der Waals surface area contributed by atoms with E-state index < -0.39 is 10.0 Å². The molecule has 0 saturated heterocycles. The number of aromatic amines is 1. The second-order valence-electron chi connectivity index (χ2n) is 2.89. The number of halogens is 1. The number of nitrogens with one attached hydrogen (secondary N) is 2. The molecule has 0 atom stereocenters. The van der Waals surface area contributed by atoms with Gasteiger partial charge in [-0.2, -0.15) is 10.1 Å². The van der Waals surface area contributed by atoms with Crippen LogP contribution in [0.4, 0.5) is 5.95 Å². The average molecular weight is 350 g/mol. The molecule has 1 aromatic carbocycles. The number of hydrogen-bond acceptors (Lipinski definition) is 4. The fourth-order valence-electron chi connectivity index (χ4n) is 1.05. The SMILES string of the molecule is O=S(=O)(Nc1ncn[nH]1)c1ccc(I)cc1. The second-order valence-corrected chi connectivity index (χ2v) is 5.82. The third kappa shape index (κ3) is 2.50. The highest BCUT2D eigenvalue weighted by Gasteiger charge is 2.14. The molecule has 16 heavy (non-hydrogen) atoms. The van der Waals surface area contributed by atoms with Gasteiger partial charge in [-0.15, -0.1) is 0 Å². The standard InChI is InChI=1S/C8H7IN4O2S/c9-6-1-3-7(4-2-6)16(14,15)13-8-10-5-11-12-8/h1-5H,(H2,10,11,12,13). The van der Waals surface area contributed by atoms with Gasteiger partial charge in [-0.3, -0.25) is 0 Å². The van der Waals surface area contributed by atoms with E-state index in [0.29, 0.717) is 0 Å². The zero-order valence-electron chi connectivity index (χ0n) is 7.88. The van der Waals surface area contributed by atoms with Crippen LogP contribution in [0.5, 0.6) is 0 Å². The van der Waals surface area contributed by atoms with Gasteiger partial charge in [0.2, 0.25) is 5.95 Å². The Morgan fingerprint density at radius 2 is 1.94 bits per heavy atom. The molecule has 2 N–H and O–H groups in total. The van der Waals surface area contributed by atoms with E-state index in [1.165, 1.54) is 18.5 Å². The van der Waals surface area contributed by atoms with Crippen molar-refractivity contribution >= 4 is 38.6 Å². The van der Waals surface area contributed by atoms with Gasteiger partial charge >= 0.3 is 0 Å². The van der Waals surface area contributed by atoms with E-state index in [1.807, 2.05) is 0 Å². The first-order valence-corrected chi connectivity index (χ1v) is 6.78. The summed E-state index contributed by atoms with van der Waals surface area (Å²) >= 11 is 2.10. The lowest BCUT2D eigenvalue weighted by molar-refractivity contribution is 0.601. The van der Waals surface area contributed by atoms with Crippen molar-refractivity contribution in [3.05, 3.63) is 34.2 Å². The van der Waals surface area contributed by atoms with Gasteiger partial charge in [0.1, 0.15) is 6.33 Å². The summed E-state index contributed by atoms with van der Waals surface area (Å²) in [5, 5.41) is 5.97. The molecule has 2 aromatic rings. The molecule has 0 fully saturated rings. The summed E-state index contributed by atoms with van der Waals surface area (Å²) in [6.45, 7) is 0. The van der Waals surface area contributed by atoms with E-state index in [0.717, 1.165) is 3.57 Å². The van der Waals surface area contributed by atoms with Gasteiger partial charge in [-0.1, -0.05) is 0 Å². The maximum absolute atomic E-state index is 11.8. The van der Waals surface area contributed by atoms with Gasteiger partial charge in [0.15, 0.2) is 0 Å². The van der Waals surface area contributed by atoms with Crippen LogP contribution in [0.3, 0.4) is 0 Å². The largest absolute Gasteiger partial charge is 0.264 e. The lowest BCUT2D eigenvalue weighted by atomic mass is 10.4. The predicted molar refractivity (Wildman–Crippen MR) is 66.4 cm³/mol. The van der Waals surface area contributed by atoms with Gasteiger partial charge < -0.3 is 0 Å². The third-order valence-corrected chi connectivity index (χ3v) is 3.84. The molecule has 0 unspecified atom stereocenters. The van der Waals surface area contributed by atoms with Crippen molar-refractivity contribution in [1.29, 1.82) is 0 Å². The molecule has 1 aromatic heterocycles. The van der Waals surface area contributed by atoms with Crippen LogP contribution in [0.15, 0.2) is 35.5 Å². The van der Waals surface area contributed by atoms with Crippen molar-refractivity contribution in [2.24, 2.45) is 0 Å². The van der Waals surface area contributed by atoms with Gasteiger partial charge in [0.25, 0.3) is 10.0 Å². The number of rotatable bonds is 3. The molecule has 1 heterocycles. The summed E-state index contributed by atoms with van der Waals surface area (Å²) in [6, 6.07) is 6.49. The fourth-order valence-corrected chi connectivity index (χ4v) is 2.38. The Balaban J connectivity index is 2.29. The average Bonchev–Trinajstić information content (AvgIpc) is 2.70. The van der Waals surface area contributed by atoms with E-state index in [1.54, 1.807) is 12.1 Å². The normalized spacial score (nSPS) is 11.3. The third-order valence-electron chi connectivity index (χ3n) is 1.77. The van der Waals surface area contributed by atoms with Crippen LogP contribution < -0.4 is 4.72 Å². The van der Waals surface area contributed by atoms with Crippen molar-refractivity contribution in [3.8, 4) is 0 Å². The van der Waals surface area contributed by atoms with Crippen molar-refractivity contribution in [3.63, 3.8) is 0 Å². The summed E-state index contributed by atoms with van der Waals surface area (Å²) in [4.78, 5) is 3.87. The zero-order valence-corrected chi connectivity index (χ0v) is 10.9. The minimum absolute atomic E-state index is 0.0959. The summed E-state index contributed by atoms with van der Waals surface area (Å²) in [5.41, 5.74) is 0. The first kappa shape index (κ1) is 11.3. The molecule has 0 saturated carbocycles. The minimum atomic E-state index is -3.59. The van der Waals surface area contributed by atoms with Crippen LogP contribution in [0.1, 0.15) is 0 Å². The maximum atomic E-state index is 11.8. The second kappa shape index (κ2) is 4.37. The molecule has 2 rings (SSSR count). The van der Waals surface area contributed by atoms with Crippen LogP contribution in [0, 0.1) is 3.57 Å². The summed E-state index contributed by atoms with van der Waals surface area (Å²) < 4.78 is 26.9. The number of sulfonamides is 1. The summed E-state index contributed by atoms with van der Waals surface area (Å²) in [7, 11) is -3.59. The van der Waals surface area contributed by atoms with Gasteiger partial charge in [-0.25, -0.2) is 18.2 Å². The van der Waals surface area contributed by atoms with Gasteiger partial charge in [0, 0.05) is 3.57 Å². The van der Waals surface area contributed by atoms with Crippen LogP contribution in [0.25, 0.3) is 0 Å². The minimum Gasteiger partial charge on any atom is -0.248 e. The first-order valence-electron chi connectivity index (χ1n) is 4.22. The molecular formula is C8H7IN4O2S. The molecule has 84 valence electrons. The van der Waals surface area contributed by atoms with E-state index in [9.17, 15) is 8.42 Å². The maximum Gasteiger partial charge on any atom is 0.264 e. The highest BCUT2D eigenvalue weighted by molar-refractivity contribution is 14.1. The van der Waals surface area contributed by atoms with E-state index in [-0.39, 0.29) is 10.8 Å². The molecule has 0 aliphatic rings. The number of aromatic nitrogens is 3. The van der Waals surface area contributed by atoms with Gasteiger partial charge in [-0.05, 0) is 46.9 Å². The fraction of sp³-hybridized carbons (Fsp3) is 0. The first-order chi connectivity index (χ1) is 7.58. The molecule has 0 spiro atoms. The molecular weight excluding hydrogens is 343 g/mol. The molecule has 0 aliphatic heterocycles.